The van der Waals surface area contributed by atoms with Crippen molar-refractivity contribution in [1.29, 1.82) is 0 Å². The number of aryl methyl sites for hydroxylation is 3. The average Bonchev–Trinajstić information content (AvgIpc) is 3.02. The number of hydrogen-bond acceptors (Lipinski definition) is 1. The lowest BCUT2D eigenvalue weighted by atomic mass is 9.98. The molecule has 0 spiro atoms. The molecule has 2 aliphatic rings. The SMILES string of the molecule is Cc1ccc2c(c1)CC(c1ccc3c(c1)CCC3)N2. The predicted molar refractivity (Wildman–Crippen MR) is 79.7 cm³/mol. The zero-order chi connectivity index (χ0) is 12.8. The van der Waals surface area contributed by atoms with E-state index in [1.165, 1.54) is 41.6 Å². The van der Waals surface area contributed by atoms with E-state index in [9.17, 15) is 0 Å². The van der Waals surface area contributed by atoms with Crippen LogP contribution in [0.25, 0.3) is 0 Å². The summed E-state index contributed by atoms with van der Waals surface area (Å²) in [7, 11) is 0. The van der Waals surface area contributed by atoms with Crippen LogP contribution in [0.1, 0.15) is 40.3 Å². The molecule has 1 atom stereocenters. The van der Waals surface area contributed by atoms with Crippen molar-refractivity contribution < 1.29 is 0 Å². The lowest BCUT2D eigenvalue weighted by molar-refractivity contribution is 0.821. The van der Waals surface area contributed by atoms with Gasteiger partial charge in [-0.25, -0.2) is 0 Å². The van der Waals surface area contributed by atoms with Gasteiger partial charge < -0.3 is 5.32 Å². The van der Waals surface area contributed by atoms with Gasteiger partial charge in [-0.2, -0.15) is 0 Å². The third kappa shape index (κ3) is 1.85. The van der Waals surface area contributed by atoms with Crippen molar-refractivity contribution in [3.8, 4) is 0 Å². The van der Waals surface area contributed by atoms with Gasteiger partial charge in [-0.05, 0) is 60.9 Å². The van der Waals surface area contributed by atoms with Crippen LogP contribution < -0.4 is 5.32 Å². The fraction of sp³-hybridized carbons (Fsp3) is 0.333. The van der Waals surface area contributed by atoms with Crippen LogP contribution in [-0.4, -0.2) is 0 Å². The maximum Gasteiger partial charge on any atom is 0.0555 e. The first-order valence-corrected chi connectivity index (χ1v) is 7.27. The fourth-order valence-electron chi connectivity index (χ4n) is 3.50. The first-order valence-electron chi connectivity index (χ1n) is 7.27. The van der Waals surface area contributed by atoms with Crippen LogP contribution in [-0.2, 0) is 19.3 Å². The Morgan fingerprint density at radius 2 is 1.84 bits per heavy atom. The van der Waals surface area contributed by atoms with Gasteiger partial charge in [0.25, 0.3) is 0 Å². The summed E-state index contributed by atoms with van der Waals surface area (Å²) in [6.07, 6.45) is 4.99. The Morgan fingerprint density at radius 3 is 2.79 bits per heavy atom. The molecule has 0 amide bonds. The second kappa shape index (κ2) is 4.12. The number of rotatable bonds is 1. The van der Waals surface area contributed by atoms with Gasteiger partial charge in [-0.3, -0.25) is 0 Å². The third-order valence-electron chi connectivity index (χ3n) is 4.54. The molecule has 96 valence electrons. The minimum atomic E-state index is 0.461. The van der Waals surface area contributed by atoms with Crippen molar-refractivity contribution in [2.75, 3.05) is 5.32 Å². The van der Waals surface area contributed by atoms with Gasteiger partial charge >= 0.3 is 0 Å². The zero-order valence-electron chi connectivity index (χ0n) is 11.4. The standard InChI is InChI=1S/C18H19N/c1-12-5-8-17-16(9-12)11-18(19-17)15-7-6-13-3-2-4-14(13)10-15/h5-10,18-19H,2-4,11H2,1H3. The van der Waals surface area contributed by atoms with Crippen LogP contribution in [0.15, 0.2) is 36.4 Å². The lowest BCUT2D eigenvalue weighted by Crippen LogP contribution is -2.06. The van der Waals surface area contributed by atoms with E-state index in [0.717, 1.165) is 6.42 Å². The number of nitrogens with one attached hydrogen (secondary N) is 1. The van der Waals surface area contributed by atoms with Crippen molar-refractivity contribution in [2.45, 2.75) is 38.6 Å². The highest BCUT2D eigenvalue weighted by Gasteiger charge is 2.23. The quantitative estimate of drug-likeness (QED) is 0.799. The largest absolute Gasteiger partial charge is 0.378 e. The molecule has 0 fully saturated rings. The van der Waals surface area contributed by atoms with Crippen molar-refractivity contribution in [1.82, 2.24) is 0 Å². The van der Waals surface area contributed by atoms with E-state index in [4.69, 9.17) is 0 Å². The Balaban J connectivity index is 1.65. The summed E-state index contributed by atoms with van der Waals surface area (Å²) in [4.78, 5) is 0. The highest BCUT2D eigenvalue weighted by molar-refractivity contribution is 5.59. The third-order valence-corrected chi connectivity index (χ3v) is 4.54. The molecule has 1 unspecified atom stereocenters. The predicted octanol–water partition coefficient (Wildman–Crippen LogP) is 4.19. The topological polar surface area (TPSA) is 12.0 Å². The van der Waals surface area contributed by atoms with Crippen LogP contribution in [0.5, 0.6) is 0 Å². The van der Waals surface area contributed by atoms with Gasteiger partial charge in [0.2, 0.25) is 0 Å². The van der Waals surface area contributed by atoms with Crippen LogP contribution >= 0.6 is 0 Å². The normalized spacial score (nSPS) is 19.9. The molecule has 1 nitrogen and oxygen atoms in total. The summed E-state index contributed by atoms with van der Waals surface area (Å²) in [6, 6.07) is 14.3. The molecule has 0 saturated heterocycles. The monoisotopic (exact) mass is 249 g/mol. The molecule has 0 bridgehead atoms. The van der Waals surface area contributed by atoms with Crippen molar-refractivity contribution in [3.63, 3.8) is 0 Å². The summed E-state index contributed by atoms with van der Waals surface area (Å²) in [5.41, 5.74) is 8.73. The summed E-state index contributed by atoms with van der Waals surface area (Å²) < 4.78 is 0. The molecular formula is C18H19N. The maximum atomic E-state index is 3.67. The fourth-order valence-corrected chi connectivity index (χ4v) is 3.50. The maximum absolute atomic E-state index is 3.67. The Kier molecular flexibility index (Phi) is 2.41. The Hall–Kier alpha value is -1.76. The molecule has 2 aromatic rings. The summed E-state index contributed by atoms with van der Waals surface area (Å²) in [5, 5.41) is 3.67. The Labute approximate surface area is 114 Å². The highest BCUT2D eigenvalue weighted by atomic mass is 14.9. The number of hydrogen-bond donors (Lipinski definition) is 1. The van der Waals surface area contributed by atoms with E-state index >= 15 is 0 Å². The van der Waals surface area contributed by atoms with Gasteiger partial charge in [0, 0.05) is 5.69 Å². The first-order chi connectivity index (χ1) is 9.29. The highest BCUT2D eigenvalue weighted by Crippen LogP contribution is 2.36. The number of fused-ring (bicyclic) bond motifs is 2. The average molecular weight is 249 g/mol. The molecule has 1 aliphatic carbocycles. The minimum absolute atomic E-state index is 0.461. The smallest absolute Gasteiger partial charge is 0.0555 e. The second-order valence-electron chi connectivity index (χ2n) is 5.94. The van der Waals surface area contributed by atoms with E-state index in [-0.39, 0.29) is 0 Å². The summed E-state index contributed by atoms with van der Waals surface area (Å²) in [5.74, 6) is 0. The van der Waals surface area contributed by atoms with E-state index in [0.29, 0.717) is 6.04 Å². The Morgan fingerprint density at radius 1 is 0.947 bits per heavy atom. The van der Waals surface area contributed by atoms with Gasteiger partial charge in [0.1, 0.15) is 0 Å². The van der Waals surface area contributed by atoms with Crippen LogP contribution in [0.4, 0.5) is 5.69 Å². The van der Waals surface area contributed by atoms with Crippen LogP contribution in [0.3, 0.4) is 0 Å². The van der Waals surface area contributed by atoms with Gasteiger partial charge in [-0.15, -0.1) is 0 Å². The second-order valence-corrected chi connectivity index (χ2v) is 5.94. The molecule has 4 rings (SSSR count). The van der Waals surface area contributed by atoms with Crippen molar-refractivity contribution in [3.05, 3.63) is 64.2 Å². The first kappa shape index (κ1) is 11.1. The molecule has 1 N–H and O–H groups in total. The van der Waals surface area contributed by atoms with E-state index in [2.05, 4.69) is 48.6 Å². The molecule has 19 heavy (non-hydrogen) atoms. The lowest BCUT2D eigenvalue weighted by Gasteiger charge is -2.13. The molecule has 2 aromatic carbocycles. The van der Waals surface area contributed by atoms with Gasteiger partial charge in [-0.1, -0.05) is 35.9 Å². The molecule has 1 heterocycles. The molecule has 0 aromatic heterocycles. The van der Waals surface area contributed by atoms with Gasteiger partial charge in [0.05, 0.1) is 6.04 Å². The zero-order valence-corrected chi connectivity index (χ0v) is 11.4. The van der Waals surface area contributed by atoms with E-state index in [1.54, 1.807) is 11.1 Å². The van der Waals surface area contributed by atoms with E-state index < -0.39 is 0 Å². The number of anilines is 1. The Bertz CT molecular complexity index is 642. The summed E-state index contributed by atoms with van der Waals surface area (Å²) >= 11 is 0. The molecule has 0 saturated carbocycles. The van der Waals surface area contributed by atoms with Crippen molar-refractivity contribution in [2.24, 2.45) is 0 Å². The summed E-state index contributed by atoms with van der Waals surface area (Å²) in [6.45, 7) is 2.17. The molecule has 1 heteroatoms. The molecule has 1 aliphatic heterocycles. The number of benzene rings is 2. The van der Waals surface area contributed by atoms with Gasteiger partial charge in [0.15, 0.2) is 0 Å². The molecule has 0 radical (unpaired) electrons. The van der Waals surface area contributed by atoms with Crippen LogP contribution in [0, 0.1) is 6.92 Å². The molecular weight excluding hydrogens is 230 g/mol. The minimum Gasteiger partial charge on any atom is -0.378 e. The van der Waals surface area contributed by atoms with E-state index in [1.807, 2.05) is 0 Å². The van der Waals surface area contributed by atoms with Crippen molar-refractivity contribution >= 4 is 5.69 Å². The van der Waals surface area contributed by atoms with Crippen LogP contribution in [0.2, 0.25) is 0 Å².